The van der Waals surface area contributed by atoms with Crippen LogP contribution in [0, 0.1) is 11.8 Å². The van der Waals surface area contributed by atoms with E-state index in [2.05, 4.69) is 15.9 Å². The number of hydrogen-bond donors (Lipinski definition) is 0. The summed E-state index contributed by atoms with van der Waals surface area (Å²) >= 11 is 9.64. The van der Waals surface area contributed by atoms with Gasteiger partial charge >= 0.3 is 0 Å². The Hall–Kier alpha value is -0.540. The first kappa shape index (κ1) is 14.4. The monoisotopic (exact) mass is 355 g/mol. The summed E-state index contributed by atoms with van der Waals surface area (Å²) in [5.41, 5.74) is 0.621. The maximum absolute atomic E-state index is 12.7. The molecule has 2 nitrogen and oxygen atoms in total. The molecule has 3 rings (SSSR count). The molecule has 2 unspecified atom stereocenters. The van der Waals surface area contributed by atoms with Gasteiger partial charge in [0.1, 0.15) is 0 Å². The zero-order chi connectivity index (χ0) is 14.1. The van der Waals surface area contributed by atoms with Crippen molar-refractivity contribution in [1.29, 1.82) is 0 Å². The van der Waals surface area contributed by atoms with Gasteiger partial charge in [-0.2, -0.15) is 0 Å². The minimum atomic E-state index is 0.0836. The summed E-state index contributed by atoms with van der Waals surface area (Å²) in [5, 5.41) is 0.531. The van der Waals surface area contributed by atoms with Gasteiger partial charge in [-0.15, -0.1) is 0 Å². The fraction of sp³-hybridized carbons (Fsp3) is 0.562. The van der Waals surface area contributed by atoms with Gasteiger partial charge in [-0.05, 0) is 52.7 Å². The van der Waals surface area contributed by atoms with E-state index in [0.29, 0.717) is 16.5 Å². The fourth-order valence-corrected chi connectivity index (χ4v) is 4.20. The van der Waals surface area contributed by atoms with Gasteiger partial charge in [0.15, 0.2) is 0 Å². The maximum atomic E-state index is 12.7. The van der Waals surface area contributed by atoms with Crippen molar-refractivity contribution in [3.05, 3.63) is 33.3 Å². The molecule has 0 N–H and O–H groups in total. The molecule has 1 saturated carbocycles. The Kier molecular flexibility index (Phi) is 4.37. The number of piperidine rings is 1. The molecule has 0 radical (unpaired) electrons. The van der Waals surface area contributed by atoms with Gasteiger partial charge < -0.3 is 4.90 Å². The van der Waals surface area contributed by atoms with E-state index in [1.54, 1.807) is 0 Å². The van der Waals surface area contributed by atoms with Crippen LogP contribution in [-0.2, 0) is 0 Å². The Labute approximate surface area is 133 Å². The van der Waals surface area contributed by atoms with Crippen molar-refractivity contribution in [2.45, 2.75) is 32.1 Å². The van der Waals surface area contributed by atoms with E-state index in [1.165, 1.54) is 25.7 Å². The second-order valence-electron chi connectivity index (χ2n) is 5.95. The molecule has 4 heteroatoms. The van der Waals surface area contributed by atoms with Crippen molar-refractivity contribution < 1.29 is 4.79 Å². The van der Waals surface area contributed by atoms with E-state index < -0.39 is 0 Å². The van der Waals surface area contributed by atoms with Crippen LogP contribution >= 0.6 is 27.5 Å². The second kappa shape index (κ2) is 6.07. The van der Waals surface area contributed by atoms with Crippen LogP contribution in [-0.4, -0.2) is 23.9 Å². The van der Waals surface area contributed by atoms with Gasteiger partial charge in [0.25, 0.3) is 5.91 Å². The van der Waals surface area contributed by atoms with Crippen LogP contribution in [0.25, 0.3) is 0 Å². The van der Waals surface area contributed by atoms with Crippen molar-refractivity contribution in [3.63, 3.8) is 0 Å². The molecule has 1 aliphatic heterocycles. The fourth-order valence-electron chi connectivity index (χ4n) is 3.62. The number of fused-ring (bicyclic) bond motifs is 1. The minimum Gasteiger partial charge on any atom is -0.338 e. The molecule has 1 aliphatic carbocycles. The van der Waals surface area contributed by atoms with Gasteiger partial charge in [-0.25, -0.2) is 0 Å². The molecule has 2 fully saturated rings. The number of nitrogens with zero attached hydrogens (tertiary/aromatic N) is 1. The van der Waals surface area contributed by atoms with E-state index in [4.69, 9.17) is 11.6 Å². The maximum Gasteiger partial charge on any atom is 0.255 e. The number of carbonyl (C=O) groups excluding carboxylic acids is 1. The minimum absolute atomic E-state index is 0.0836. The Balaban J connectivity index is 1.76. The molecular formula is C16H19BrClNO. The highest BCUT2D eigenvalue weighted by atomic mass is 79.9. The van der Waals surface area contributed by atoms with Crippen molar-refractivity contribution >= 4 is 33.4 Å². The third-order valence-corrected chi connectivity index (χ3v) is 6.06. The highest BCUT2D eigenvalue weighted by Crippen LogP contribution is 2.37. The lowest BCUT2D eigenvalue weighted by molar-refractivity contribution is 0.0521. The average Bonchev–Trinajstić information content (AvgIpc) is 2.49. The number of rotatable bonds is 1. The lowest BCUT2D eigenvalue weighted by atomic mass is 9.75. The summed E-state index contributed by atoms with van der Waals surface area (Å²) in [7, 11) is 0. The lowest BCUT2D eigenvalue weighted by Gasteiger charge is -2.41. The van der Waals surface area contributed by atoms with Crippen molar-refractivity contribution in [2.75, 3.05) is 13.1 Å². The quantitative estimate of drug-likeness (QED) is 0.710. The standard InChI is InChI=1S/C16H19BrClNO/c17-14-7-3-6-13(15(14)18)16(20)19-9-8-11-4-1-2-5-12(11)10-19/h3,6-7,11-12H,1-2,4-5,8-10H2. The summed E-state index contributed by atoms with van der Waals surface area (Å²) < 4.78 is 0.789. The average molecular weight is 357 g/mol. The first-order valence-electron chi connectivity index (χ1n) is 7.40. The SMILES string of the molecule is O=C(c1cccc(Br)c1Cl)N1CCC2CCCCC2C1. The predicted molar refractivity (Wildman–Crippen MR) is 85.1 cm³/mol. The third kappa shape index (κ3) is 2.75. The van der Waals surface area contributed by atoms with Crippen LogP contribution < -0.4 is 0 Å². The summed E-state index contributed by atoms with van der Waals surface area (Å²) in [4.78, 5) is 14.7. The Morgan fingerprint density at radius 2 is 1.95 bits per heavy atom. The van der Waals surface area contributed by atoms with E-state index in [0.717, 1.165) is 29.9 Å². The molecule has 1 saturated heterocycles. The molecule has 1 amide bonds. The van der Waals surface area contributed by atoms with Crippen LogP contribution in [0.1, 0.15) is 42.5 Å². The first-order valence-corrected chi connectivity index (χ1v) is 8.57. The molecule has 2 aliphatic rings. The first-order chi connectivity index (χ1) is 9.66. The summed E-state index contributed by atoms with van der Waals surface area (Å²) in [6, 6.07) is 5.56. The number of likely N-dealkylation sites (tertiary alicyclic amines) is 1. The van der Waals surface area contributed by atoms with Crippen molar-refractivity contribution in [2.24, 2.45) is 11.8 Å². The molecule has 0 bridgehead atoms. The number of hydrogen-bond acceptors (Lipinski definition) is 1. The Morgan fingerprint density at radius 3 is 2.75 bits per heavy atom. The zero-order valence-electron chi connectivity index (χ0n) is 11.4. The Bertz CT molecular complexity index is 519. The number of benzene rings is 1. The number of carbonyl (C=O) groups is 1. The normalized spacial score (nSPS) is 26.2. The summed E-state index contributed by atoms with van der Waals surface area (Å²) in [6.07, 6.45) is 6.47. The Morgan fingerprint density at radius 1 is 1.20 bits per heavy atom. The smallest absolute Gasteiger partial charge is 0.255 e. The van der Waals surface area contributed by atoms with Gasteiger partial charge in [0, 0.05) is 17.6 Å². The van der Waals surface area contributed by atoms with E-state index in [1.807, 2.05) is 23.1 Å². The van der Waals surface area contributed by atoms with E-state index in [-0.39, 0.29) is 5.91 Å². The molecular weight excluding hydrogens is 338 g/mol. The van der Waals surface area contributed by atoms with E-state index >= 15 is 0 Å². The summed E-state index contributed by atoms with van der Waals surface area (Å²) in [5.74, 6) is 1.62. The van der Waals surface area contributed by atoms with Crippen LogP contribution in [0.3, 0.4) is 0 Å². The van der Waals surface area contributed by atoms with Crippen LogP contribution in [0.5, 0.6) is 0 Å². The van der Waals surface area contributed by atoms with Crippen LogP contribution in [0.2, 0.25) is 5.02 Å². The molecule has 20 heavy (non-hydrogen) atoms. The third-order valence-electron chi connectivity index (χ3n) is 4.76. The van der Waals surface area contributed by atoms with Gasteiger partial charge in [-0.1, -0.05) is 36.9 Å². The molecule has 0 aromatic heterocycles. The molecule has 2 atom stereocenters. The number of amides is 1. The molecule has 1 heterocycles. The highest BCUT2D eigenvalue weighted by molar-refractivity contribution is 9.10. The topological polar surface area (TPSA) is 20.3 Å². The second-order valence-corrected chi connectivity index (χ2v) is 7.18. The summed E-state index contributed by atoms with van der Waals surface area (Å²) in [6.45, 7) is 1.79. The van der Waals surface area contributed by atoms with Gasteiger partial charge in [0.2, 0.25) is 0 Å². The van der Waals surface area contributed by atoms with E-state index in [9.17, 15) is 4.79 Å². The lowest BCUT2D eigenvalue weighted by Crippen LogP contribution is -2.44. The largest absolute Gasteiger partial charge is 0.338 e. The highest BCUT2D eigenvalue weighted by Gasteiger charge is 2.33. The van der Waals surface area contributed by atoms with Gasteiger partial charge in [0.05, 0.1) is 10.6 Å². The molecule has 108 valence electrons. The van der Waals surface area contributed by atoms with Crippen LogP contribution in [0.4, 0.5) is 0 Å². The van der Waals surface area contributed by atoms with Gasteiger partial charge in [-0.3, -0.25) is 4.79 Å². The number of halogens is 2. The van der Waals surface area contributed by atoms with Crippen molar-refractivity contribution in [3.8, 4) is 0 Å². The van der Waals surface area contributed by atoms with Crippen molar-refractivity contribution in [1.82, 2.24) is 4.90 Å². The molecule has 1 aromatic rings. The predicted octanol–water partition coefficient (Wildman–Crippen LogP) is 4.75. The zero-order valence-corrected chi connectivity index (χ0v) is 13.8. The molecule has 1 aromatic carbocycles. The van der Waals surface area contributed by atoms with Crippen LogP contribution in [0.15, 0.2) is 22.7 Å². The molecule has 0 spiro atoms.